The van der Waals surface area contributed by atoms with Gasteiger partial charge in [-0.05, 0) is 50.6 Å². The van der Waals surface area contributed by atoms with Crippen molar-refractivity contribution in [2.24, 2.45) is 0 Å². The second-order valence-electron chi connectivity index (χ2n) is 6.31. The number of hydrogen-bond donors (Lipinski definition) is 1. The first-order chi connectivity index (χ1) is 12.8. The van der Waals surface area contributed by atoms with Gasteiger partial charge in [0.25, 0.3) is 15.9 Å². The summed E-state index contributed by atoms with van der Waals surface area (Å²) in [6.45, 7) is 5.97. The molecule has 27 heavy (non-hydrogen) atoms. The Morgan fingerprint density at radius 3 is 2.41 bits per heavy atom. The number of amides is 1. The maximum Gasteiger partial charge on any atom is 0.264 e. The summed E-state index contributed by atoms with van der Waals surface area (Å²) in [6, 6.07) is 13.1. The van der Waals surface area contributed by atoms with Crippen LogP contribution in [0.25, 0.3) is 0 Å². The molecule has 0 aliphatic heterocycles. The summed E-state index contributed by atoms with van der Waals surface area (Å²) in [7, 11) is -3.82. The molecular formula is C20H25ClN2O3S. The molecule has 2 aromatic rings. The van der Waals surface area contributed by atoms with Crippen molar-refractivity contribution in [3.63, 3.8) is 0 Å². The van der Waals surface area contributed by atoms with E-state index in [2.05, 4.69) is 5.32 Å². The van der Waals surface area contributed by atoms with E-state index in [0.717, 1.165) is 12.8 Å². The van der Waals surface area contributed by atoms with Gasteiger partial charge in [-0.25, -0.2) is 8.42 Å². The van der Waals surface area contributed by atoms with E-state index < -0.39 is 10.0 Å². The van der Waals surface area contributed by atoms with Crippen LogP contribution >= 0.6 is 11.6 Å². The van der Waals surface area contributed by atoms with Gasteiger partial charge in [0.05, 0.1) is 21.2 Å². The van der Waals surface area contributed by atoms with Gasteiger partial charge in [-0.1, -0.05) is 43.1 Å². The SMILES string of the molecule is CCC[C@@H](C)NC(=O)c1cc(S(=O)(=O)N(CC)c2ccccc2)ccc1Cl. The Kier molecular flexibility index (Phi) is 7.27. The zero-order valence-electron chi connectivity index (χ0n) is 15.8. The van der Waals surface area contributed by atoms with Gasteiger partial charge >= 0.3 is 0 Å². The average molecular weight is 409 g/mol. The monoisotopic (exact) mass is 408 g/mol. The quantitative estimate of drug-likeness (QED) is 0.700. The number of carbonyl (C=O) groups is 1. The van der Waals surface area contributed by atoms with Gasteiger partial charge in [0.15, 0.2) is 0 Å². The van der Waals surface area contributed by atoms with Gasteiger partial charge < -0.3 is 5.32 Å². The topological polar surface area (TPSA) is 66.5 Å². The van der Waals surface area contributed by atoms with Crippen molar-refractivity contribution < 1.29 is 13.2 Å². The maximum absolute atomic E-state index is 13.1. The summed E-state index contributed by atoms with van der Waals surface area (Å²) < 4.78 is 27.6. The van der Waals surface area contributed by atoms with Crippen LogP contribution in [-0.2, 0) is 10.0 Å². The third kappa shape index (κ3) is 5.02. The van der Waals surface area contributed by atoms with Gasteiger partial charge in [-0.3, -0.25) is 9.10 Å². The first-order valence-electron chi connectivity index (χ1n) is 8.99. The zero-order chi connectivity index (χ0) is 20.0. The van der Waals surface area contributed by atoms with Crippen LogP contribution in [-0.4, -0.2) is 26.9 Å². The number of hydrogen-bond acceptors (Lipinski definition) is 3. The summed E-state index contributed by atoms with van der Waals surface area (Å²) in [5.41, 5.74) is 0.724. The molecule has 0 unspecified atom stereocenters. The standard InChI is InChI=1S/C20H25ClN2O3S/c1-4-9-15(3)22-20(24)18-14-17(12-13-19(18)21)27(25,26)23(5-2)16-10-7-6-8-11-16/h6-8,10-15H,4-5,9H2,1-3H3,(H,22,24)/t15-/m1/s1. The molecule has 7 heteroatoms. The van der Waals surface area contributed by atoms with Gasteiger partial charge in [0, 0.05) is 12.6 Å². The Balaban J connectivity index is 2.39. The number of halogens is 1. The minimum Gasteiger partial charge on any atom is -0.350 e. The molecule has 1 amide bonds. The van der Waals surface area contributed by atoms with E-state index in [4.69, 9.17) is 11.6 Å². The number of rotatable bonds is 8. The van der Waals surface area contributed by atoms with E-state index in [1.54, 1.807) is 31.2 Å². The highest BCUT2D eigenvalue weighted by molar-refractivity contribution is 7.92. The lowest BCUT2D eigenvalue weighted by Crippen LogP contribution is -2.33. The van der Waals surface area contributed by atoms with Gasteiger partial charge in [0.2, 0.25) is 0 Å². The Morgan fingerprint density at radius 2 is 1.81 bits per heavy atom. The van der Waals surface area contributed by atoms with Gasteiger partial charge in [0.1, 0.15) is 0 Å². The molecule has 0 bridgehead atoms. The fourth-order valence-corrected chi connectivity index (χ4v) is 4.56. The molecule has 0 radical (unpaired) electrons. The van der Waals surface area contributed by atoms with E-state index in [1.807, 2.05) is 19.9 Å². The lowest BCUT2D eigenvalue weighted by atomic mass is 10.1. The molecule has 0 fully saturated rings. The highest BCUT2D eigenvalue weighted by Gasteiger charge is 2.25. The Bertz CT molecular complexity index is 885. The Morgan fingerprint density at radius 1 is 1.15 bits per heavy atom. The highest BCUT2D eigenvalue weighted by Crippen LogP contribution is 2.26. The van der Waals surface area contributed by atoms with Crippen LogP contribution in [0.5, 0.6) is 0 Å². The molecule has 5 nitrogen and oxygen atoms in total. The van der Waals surface area contributed by atoms with Crippen molar-refractivity contribution in [1.82, 2.24) is 5.32 Å². The third-order valence-corrected chi connectivity index (χ3v) is 6.43. The van der Waals surface area contributed by atoms with E-state index in [0.29, 0.717) is 5.69 Å². The van der Waals surface area contributed by atoms with Crippen LogP contribution in [0.4, 0.5) is 5.69 Å². The Labute approximate surface area is 166 Å². The molecule has 1 atom stereocenters. The summed E-state index contributed by atoms with van der Waals surface area (Å²) in [5.74, 6) is -0.374. The number of anilines is 1. The number of para-hydroxylation sites is 1. The number of benzene rings is 2. The van der Waals surface area contributed by atoms with E-state index in [9.17, 15) is 13.2 Å². The molecular weight excluding hydrogens is 384 g/mol. The predicted molar refractivity (Wildman–Crippen MR) is 110 cm³/mol. The minimum absolute atomic E-state index is 0.0183. The molecule has 0 aliphatic rings. The van der Waals surface area contributed by atoms with Gasteiger partial charge in [-0.15, -0.1) is 0 Å². The summed E-state index contributed by atoms with van der Waals surface area (Å²) in [6.07, 6.45) is 1.77. The van der Waals surface area contributed by atoms with Crippen molar-refractivity contribution in [2.75, 3.05) is 10.8 Å². The number of nitrogens with zero attached hydrogens (tertiary/aromatic N) is 1. The smallest absolute Gasteiger partial charge is 0.264 e. The average Bonchev–Trinajstić information content (AvgIpc) is 2.63. The number of sulfonamides is 1. The summed E-state index contributed by atoms with van der Waals surface area (Å²) in [5, 5.41) is 3.08. The molecule has 0 saturated carbocycles. The second kappa shape index (κ2) is 9.24. The molecule has 2 rings (SSSR count). The lowest BCUT2D eigenvalue weighted by Gasteiger charge is -2.23. The predicted octanol–water partition coefficient (Wildman–Crippen LogP) is 4.47. The minimum atomic E-state index is -3.82. The molecule has 0 heterocycles. The molecule has 2 aromatic carbocycles. The molecule has 0 aliphatic carbocycles. The molecule has 146 valence electrons. The van der Waals surface area contributed by atoms with E-state index in [-0.39, 0.29) is 34.0 Å². The number of nitrogens with one attached hydrogen (secondary N) is 1. The van der Waals surface area contributed by atoms with Crippen LogP contribution in [0.15, 0.2) is 53.4 Å². The first kappa shape index (κ1) is 21.3. The van der Waals surface area contributed by atoms with E-state index in [1.165, 1.54) is 22.5 Å². The van der Waals surface area contributed by atoms with Crippen LogP contribution in [0.3, 0.4) is 0 Å². The van der Waals surface area contributed by atoms with Crippen molar-refractivity contribution in [3.05, 3.63) is 59.1 Å². The molecule has 0 spiro atoms. The van der Waals surface area contributed by atoms with Crippen LogP contribution < -0.4 is 9.62 Å². The summed E-state index contributed by atoms with van der Waals surface area (Å²) in [4.78, 5) is 12.6. The molecule has 0 saturated heterocycles. The first-order valence-corrected chi connectivity index (χ1v) is 10.8. The third-order valence-electron chi connectivity index (χ3n) is 4.20. The summed E-state index contributed by atoms with van der Waals surface area (Å²) >= 11 is 6.16. The van der Waals surface area contributed by atoms with Crippen LogP contribution in [0, 0.1) is 0 Å². The van der Waals surface area contributed by atoms with Crippen molar-refractivity contribution in [1.29, 1.82) is 0 Å². The normalized spacial score (nSPS) is 12.4. The molecule has 1 N–H and O–H groups in total. The fraction of sp³-hybridized carbons (Fsp3) is 0.350. The van der Waals surface area contributed by atoms with Gasteiger partial charge in [-0.2, -0.15) is 0 Å². The Hall–Kier alpha value is -2.05. The fourth-order valence-electron chi connectivity index (χ4n) is 2.86. The molecule has 0 aromatic heterocycles. The largest absolute Gasteiger partial charge is 0.350 e. The maximum atomic E-state index is 13.1. The van der Waals surface area contributed by atoms with Crippen molar-refractivity contribution in [2.45, 2.75) is 44.6 Å². The highest BCUT2D eigenvalue weighted by atomic mass is 35.5. The second-order valence-corrected chi connectivity index (χ2v) is 8.58. The van der Waals surface area contributed by atoms with E-state index >= 15 is 0 Å². The van der Waals surface area contributed by atoms with Crippen molar-refractivity contribution in [3.8, 4) is 0 Å². The van der Waals surface area contributed by atoms with Crippen LogP contribution in [0.2, 0.25) is 5.02 Å². The zero-order valence-corrected chi connectivity index (χ0v) is 17.3. The van der Waals surface area contributed by atoms with Crippen LogP contribution in [0.1, 0.15) is 44.0 Å². The van der Waals surface area contributed by atoms with Crippen molar-refractivity contribution >= 4 is 33.2 Å². The number of carbonyl (C=O) groups excluding carboxylic acids is 1. The lowest BCUT2D eigenvalue weighted by molar-refractivity contribution is 0.0938.